The molecule has 0 spiro atoms. The van der Waals surface area contributed by atoms with Crippen molar-refractivity contribution >= 4 is 0 Å². The Labute approximate surface area is 134 Å². The third-order valence-corrected chi connectivity index (χ3v) is 8.93. The van der Waals surface area contributed by atoms with E-state index in [2.05, 4.69) is 13.0 Å². The Morgan fingerprint density at radius 2 is 1.77 bits per heavy atom. The average molecular weight is 302 g/mol. The molecule has 0 amide bonds. The minimum atomic E-state index is -0.0689. The Bertz CT molecular complexity index is 526. The van der Waals surface area contributed by atoms with E-state index in [9.17, 15) is 10.2 Å². The van der Waals surface area contributed by atoms with Gasteiger partial charge in [0.2, 0.25) is 0 Å². The lowest BCUT2D eigenvalue weighted by molar-refractivity contribution is -0.0719. The predicted octanol–water partition coefficient (Wildman–Crippen LogP) is 3.67. The fourth-order valence-corrected chi connectivity index (χ4v) is 7.84. The van der Waals surface area contributed by atoms with Crippen molar-refractivity contribution in [3.8, 4) is 0 Å². The van der Waals surface area contributed by atoms with Gasteiger partial charge < -0.3 is 10.2 Å². The summed E-state index contributed by atoms with van der Waals surface area (Å²) in [6.45, 7) is 2.37. The molecular formula is C20H30O2. The molecule has 0 heterocycles. The molecule has 8 atom stereocenters. The van der Waals surface area contributed by atoms with Crippen molar-refractivity contribution in [3.05, 3.63) is 11.6 Å². The molecule has 5 aliphatic carbocycles. The van der Waals surface area contributed by atoms with Gasteiger partial charge in [-0.25, -0.2) is 0 Å². The smallest absolute Gasteiger partial charge is 0.0606 e. The summed E-state index contributed by atoms with van der Waals surface area (Å²) >= 11 is 0. The van der Waals surface area contributed by atoms with E-state index in [-0.39, 0.29) is 17.6 Å². The topological polar surface area (TPSA) is 40.5 Å². The van der Waals surface area contributed by atoms with Gasteiger partial charge in [-0.2, -0.15) is 0 Å². The van der Waals surface area contributed by atoms with E-state index in [0.717, 1.165) is 30.6 Å². The van der Waals surface area contributed by atoms with Crippen molar-refractivity contribution in [1.29, 1.82) is 0 Å². The van der Waals surface area contributed by atoms with Crippen LogP contribution in [0.3, 0.4) is 0 Å². The molecule has 122 valence electrons. The van der Waals surface area contributed by atoms with Crippen LogP contribution >= 0.6 is 0 Å². The maximum Gasteiger partial charge on any atom is 0.0606 e. The molecule has 0 saturated heterocycles. The fraction of sp³-hybridized carbons (Fsp3) is 0.900. The first-order valence-corrected chi connectivity index (χ1v) is 9.63. The molecule has 0 aromatic heterocycles. The minimum Gasteiger partial charge on any atom is -0.393 e. The monoisotopic (exact) mass is 302 g/mol. The lowest BCUT2D eigenvalue weighted by atomic mass is 9.48. The van der Waals surface area contributed by atoms with Crippen LogP contribution in [0.15, 0.2) is 11.6 Å². The van der Waals surface area contributed by atoms with Crippen molar-refractivity contribution in [1.82, 2.24) is 0 Å². The predicted molar refractivity (Wildman–Crippen MR) is 86.1 cm³/mol. The van der Waals surface area contributed by atoms with Crippen LogP contribution in [0.2, 0.25) is 0 Å². The zero-order chi connectivity index (χ0) is 15.1. The Balaban J connectivity index is 1.54. The second kappa shape index (κ2) is 4.39. The summed E-state index contributed by atoms with van der Waals surface area (Å²) in [5.74, 6) is 2.86. The van der Waals surface area contributed by atoms with Crippen molar-refractivity contribution in [2.75, 3.05) is 0 Å². The van der Waals surface area contributed by atoms with Crippen LogP contribution in [-0.2, 0) is 0 Å². The number of hydrogen-bond acceptors (Lipinski definition) is 2. The molecule has 4 saturated carbocycles. The molecule has 0 aromatic rings. The van der Waals surface area contributed by atoms with Crippen molar-refractivity contribution in [2.24, 2.45) is 34.5 Å². The summed E-state index contributed by atoms with van der Waals surface area (Å²) in [5.41, 5.74) is 2.30. The van der Waals surface area contributed by atoms with Crippen LogP contribution in [0.5, 0.6) is 0 Å². The molecule has 2 nitrogen and oxygen atoms in total. The molecule has 2 bridgehead atoms. The van der Waals surface area contributed by atoms with Gasteiger partial charge in [-0.3, -0.25) is 0 Å². The lowest BCUT2D eigenvalue weighted by Crippen LogP contribution is -2.51. The first-order valence-electron chi connectivity index (χ1n) is 9.63. The molecule has 4 fully saturated rings. The van der Waals surface area contributed by atoms with Gasteiger partial charge in [-0.15, -0.1) is 0 Å². The van der Waals surface area contributed by atoms with E-state index in [4.69, 9.17) is 0 Å². The Morgan fingerprint density at radius 1 is 0.955 bits per heavy atom. The van der Waals surface area contributed by atoms with E-state index < -0.39 is 0 Å². The molecule has 0 radical (unpaired) electrons. The summed E-state index contributed by atoms with van der Waals surface area (Å²) in [7, 11) is 0. The number of rotatable bonds is 0. The van der Waals surface area contributed by atoms with Crippen LogP contribution < -0.4 is 0 Å². The van der Waals surface area contributed by atoms with Gasteiger partial charge in [0.05, 0.1) is 12.2 Å². The maximum atomic E-state index is 10.5. The number of fused-ring (bicyclic) bond motifs is 3. The van der Waals surface area contributed by atoms with Gasteiger partial charge in [0.15, 0.2) is 0 Å². The Kier molecular flexibility index (Phi) is 2.80. The van der Waals surface area contributed by atoms with Crippen LogP contribution in [-0.4, -0.2) is 22.4 Å². The van der Waals surface area contributed by atoms with E-state index in [0.29, 0.717) is 11.3 Å². The third-order valence-electron chi connectivity index (χ3n) is 8.93. The van der Waals surface area contributed by atoms with Gasteiger partial charge in [0.25, 0.3) is 0 Å². The zero-order valence-electron chi connectivity index (χ0n) is 13.8. The van der Waals surface area contributed by atoms with Gasteiger partial charge in [0.1, 0.15) is 0 Å². The number of allylic oxidation sites excluding steroid dienone is 1. The highest BCUT2D eigenvalue weighted by Gasteiger charge is 2.62. The van der Waals surface area contributed by atoms with Crippen LogP contribution in [0.25, 0.3) is 0 Å². The largest absolute Gasteiger partial charge is 0.393 e. The SMILES string of the molecule is C[C@]12CC[C@H]3[C@@H](CC=C4[C@H]5CC[C@]43CC[C@@H]5O)[C@@H]1CC[C@@H]2O. The second-order valence-corrected chi connectivity index (χ2v) is 9.32. The van der Waals surface area contributed by atoms with Gasteiger partial charge in [-0.05, 0) is 86.4 Å². The number of aliphatic hydroxyl groups is 2. The summed E-state index contributed by atoms with van der Waals surface area (Å²) in [5, 5.41) is 20.9. The third kappa shape index (κ3) is 1.50. The quantitative estimate of drug-likeness (QED) is 0.670. The van der Waals surface area contributed by atoms with Crippen molar-refractivity contribution in [2.45, 2.75) is 76.9 Å². The van der Waals surface area contributed by atoms with E-state index >= 15 is 0 Å². The second-order valence-electron chi connectivity index (χ2n) is 9.32. The van der Waals surface area contributed by atoms with Gasteiger partial charge >= 0.3 is 0 Å². The van der Waals surface area contributed by atoms with Crippen LogP contribution in [0.1, 0.15) is 64.7 Å². The van der Waals surface area contributed by atoms with Gasteiger partial charge in [-0.1, -0.05) is 18.6 Å². The molecule has 2 heteroatoms. The Hall–Kier alpha value is -0.340. The first-order chi connectivity index (χ1) is 10.6. The van der Waals surface area contributed by atoms with E-state index in [1.807, 2.05) is 0 Å². The van der Waals surface area contributed by atoms with Crippen LogP contribution in [0, 0.1) is 34.5 Å². The fourth-order valence-electron chi connectivity index (χ4n) is 7.84. The highest BCUT2D eigenvalue weighted by atomic mass is 16.3. The summed E-state index contributed by atoms with van der Waals surface area (Å²) in [4.78, 5) is 0. The standard InChI is InChI=1S/C20H30O2/c1-19-9-7-16-12(14(19)4-5-18(19)22)2-3-15-13-6-10-20(15,16)11-8-17(13)21/h3,12-14,16-18,21-22H,2,4-11H2,1H3/t12-,13+,14-,16-,17-,18-,19-,20-/m0/s1. The van der Waals surface area contributed by atoms with E-state index in [1.165, 1.54) is 44.9 Å². The summed E-state index contributed by atoms with van der Waals surface area (Å²) in [6.07, 6.45) is 13.2. The van der Waals surface area contributed by atoms with Crippen LogP contribution in [0.4, 0.5) is 0 Å². The Morgan fingerprint density at radius 3 is 2.64 bits per heavy atom. The van der Waals surface area contributed by atoms with E-state index in [1.54, 1.807) is 5.57 Å². The summed E-state index contributed by atoms with van der Waals surface area (Å²) in [6, 6.07) is 0. The molecule has 0 aromatic carbocycles. The zero-order valence-corrected chi connectivity index (χ0v) is 13.8. The number of hydrogen-bond donors (Lipinski definition) is 2. The highest BCUT2D eigenvalue weighted by Crippen LogP contribution is 2.69. The molecule has 0 unspecified atom stereocenters. The van der Waals surface area contributed by atoms with Crippen molar-refractivity contribution < 1.29 is 10.2 Å². The normalized spacial score (nSPS) is 59.5. The minimum absolute atomic E-state index is 0.0640. The maximum absolute atomic E-state index is 10.5. The first kappa shape index (κ1) is 14.0. The molecule has 5 aliphatic rings. The highest BCUT2D eigenvalue weighted by molar-refractivity contribution is 5.32. The average Bonchev–Trinajstić information content (AvgIpc) is 2.98. The molecule has 0 aliphatic heterocycles. The molecule has 22 heavy (non-hydrogen) atoms. The van der Waals surface area contributed by atoms with Gasteiger partial charge in [0, 0.05) is 5.92 Å². The molecule has 2 N–H and O–H groups in total. The lowest BCUT2D eigenvalue weighted by Gasteiger charge is -2.57. The molecule has 5 rings (SSSR count). The summed E-state index contributed by atoms with van der Waals surface area (Å²) < 4.78 is 0. The molecular weight excluding hydrogens is 272 g/mol. The number of aliphatic hydroxyl groups excluding tert-OH is 2. The van der Waals surface area contributed by atoms with Crippen molar-refractivity contribution in [3.63, 3.8) is 0 Å².